The molecule has 0 saturated heterocycles. The van der Waals surface area contributed by atoms with Crippen LogP contribution in [0.25, 0.3) is 0 Å². The Morgan fingerprint density at radius 3 is 2.44 bits per heavy atom. The maximum Gasteiger partial charge on any atom is 0.243 e. The van der Waals surface area contributed by atoms with E-state index in [1.54, 1.807) is 11.0 Å². The first-order valence-corrected chi connectivity index (χ1v) is 12.9. The van der Waals surface area contributed by atoms with Gasteiger partial charge in [-0.3, -0.25) is 4.79 Å². The molecule has 0 fully saturated rings. The van der Waals surface area contributed by atoms with Gasteiger partial charge in [-0.2, -0.15) is 4.31 Å². The van der Waals surface area contributed by atoms with Gasteiger partial charge in [0.15, 0.2) is 11.5 Å². The monoisotopic (exact) mass is 544 g/mol. The molecule has 1 aliphatic heterocycles. The summed E-state index contributed by atoms with van der Waals surface area (Å²) in [6.07, 6.45) is 0.724. The first kappa shape index (κ1) is 24.3. The number of halogens is 1. The summed E-state index contributed by atoms with van der Waals surface area (Å²) < 4.78 is 40.1. The number of ether oxygens (including phenoxy) is 2. The lowest BCUT2D eigenvalue weighted by Crippen LogP contribution is -2.42. The number of amides is 1. The standard InChI is InChI=1S/C25H25BrN2O5S/c1-32-23-11-9-21(15-24(23)33-2)34(30,31)27(16-18-6-4-3-5-7-18)17-25(29)28-13-12-19-14-20(26)8-10-22(19)28/h3-11,14-15H,12-13,16-17H2,1-2H3. The van der Waals surface area contributed by atoms with Crippen LogP contribution in [0.15, 0.2) is 76.1 Å². The van der Waals surface area contributed by atoms with E-state index in [1.165, 1.54) is 30.7 Å². The van der Waals surface area contributed by atoms with Gasteiger partial charge in [0, 0.05) is 29.3 Å². The van der Waals surface area contributed by atoms with Crippen molar-refractivity contribution < 1.29 is 22.7 Å². The van der Waals surface area contributed by atoms with E-state index in [1.807, 2.05) is 48.5 Å². The van der Waals surface area contributed by atoms with Crippen molar-refractivity contribution in [1.29, 1.82) is 0 Å². The van der Waals surface area contributed by atoms with Gasteiger partial charge in [0.05, 0.1) is 25.7 Å². The molecule has 9 heteroatoms. The lowest BCUT2D eigenvalue weighted by Gasteiger charge is -2.25. The number of rotatable bonds is 8. The Morgan fingerprint density at radius 2 is 1.74 bits per heavy atom. The molecule has 3 aromatic rings. The van der Waals surface area contributed by atoms with Crippen LogP contribution in [0.1, 0.15) is 11.1 Å². The second-order valence-corrected chi connectivity index (χ2v) is 10.7. The number of carbonyl (C=O) groups excluding carboxylic acids is 1. The van der Waals surface area contributed by atoms with Gasteiger partial charge in [0.2, 0.25) is 15.9 Å². The largest absolute Gasteiger partial charge is 0.493 e. The molecule has 0 radical (unpaired) electrons. The highest BCUT2D eigenvalue weighted by atomic mass is 79.9. The molecule has 0 saturated carbocycles. The molecule has 34 heavy (non-hydrogen) atoms. The number of carbonyl (C=O) groups is 1. The van der Waals surface area contributed by atoms with Gasteiger partial charge >= 0.3 is 0 Å². The van der Waals surface area contributed by atoms with Crippen LogP contribution in [-0.4, -0.2) is 45.9 Å². The van der Waals surface area contributed by atoms with Gasteiger partial charge in [-0.15, -0.1) is 0 Å². The number of sulfonamides is 1. The summed E-state index contributed by atoms with van der Waals surface area (Å²) in [6.45, 7) is 0.283. The highest BCUT2D eigenvalue weighted by Gasteiger charge is 2.32. The number of benzene rings is 3. The van der Waals surface area contributed by atoms with Crippen molar-refractivity contribution in [2.45, 2.75) is 17.9 Å². The highest BCUT2D eigenvalue weighted by Crippen LogP contribution is 2.33. The zero-order valence-corrected chi connectivity index (χ0v) is 21.3. The maximum atomic E-state index is 13.7. The molecule has 4 rings (SSSR count). The molecule has 0 aliphatic carbocycles. The molecular formula is C25H25BrN2O5S. The van der Waals surface area contributed by atoms with Crippen molar-refractivity contribution in [3.63, 3.8) is 0 Å². The lowest BCUT2D eigenvalue weighted by molar-refractivity contribution is -0.118. The first-order chi connectivity index (χ1) is 16.3. The van der Waals surface area contributed by atoms with Gasteiger partial charge in [0.25, 0.3) is 0 Å². The molecule has 1 aliphatic rings. The fourth-order valence-corrected chi connectivity index (χ4v) is 5.81. The third-order valence-electron chi connectivity index (χ3n) is 5.74. The van der Waals surface area contributed by atoms with Crippen molar-refractivity contribution in [2.24, 2.45) is 0 Å². The van der Waals surface area contributed by atoms with Crippen LogP contribution in [0.3, 0.4) is 0 Å². The van der Waals surface area contributed by atoms with E-state index < -0.39 is 10.0 Å². The first-order valence-electron chi connectivity index (χ1n) is 10.7. The Morgan fingerprint density at radius 1 is 1.00 bits per heavy atom. The van der Waals surface area contributed by atoms with Gasteiger partial charge in [-0.05, 0) is 47.9 Å². The predicted octanol–water partition coefficient (Wildman–Crippen LogP) is 4.25. The number of hydrogen-bond acceptors (Lipinski definition) is 5. The molecule has 0 atom stereocenters. The highest BCUT2D eigenvalue weighted by molar-refractivity contribution is 9.10. The SMILES string of the molecule is COc1ccc(S(=O)(=O)N(CC(=O)N2CCc3cc(Br)ccc32)Cc2ccccc2)cc1OC. The van der Waals surface area contributed by atoms with Crippen LogP contribution in [0.4, 0.5) is 5.69 Å². The molecule has 0 unspecified atom stereocenters. The van der Waals surface area contributed by atoms with Crippen LogP contribution < -0.4 is 14.4 Å². The second-order valence-electron chi connectivity index (χ2n) is 7.84. The van der Waals surface area contributed by atoms with E-state index in [2.05, 4.69) is 15.9 Å². The van der Waals surface area contributed by atoms with E-state index in [-0.39, 0.29) is 23.9 Å². The number of methoxy groups -OCH3 is 2. The number of anilines is 1. The zero-order chi connectivity index (χ0) is 24.3. The molecule has 0 N–H and O–H groups in total. The predicted molar refractivity (Wildman–Crippen MR) is 134 cm³/mol. The zero-order valence-electron chi connectivity index (χ0n) is 18.9. The third kappa shape index (κ3) is 4.96. The van der Waals surface area contributed by atoms with Crippen molar-refractivity contribution in [1.82, 2.24) is 4.31 Å². The molecule has 3 aromatic carbocycles. The minimum atomic E-state index is -4.02. The molecule has 7 nitrogen and oxygen atoms in total. The van der Waals surface area contributed by atoms with E-state index in [0.29, 0.717) is 18.0 Å². The van der Waals surface area contributed by atoms with E-state index in [4.69, 9.17) is 9.47 Å². The molecular weight excluding hydrogens is 520 g/mol. The van der Waals surface area contributed by atoms with Crippen LogP contribution in [0, 0.1) is 0 Å². The topological polar surface area (TPSA) is 76.2 Å². The molecule has 178 valence electrons. The fraction of sp³-hybridized carbons (Fsp3) is 0.240. The van der Waals surface area contributed by atoms with Crippen molar-refractivity contribution in [2.75, 3.05) is 32.2 Å². The Bertz CT molecular complexity index is 1300. The maximum absolute atomic E-state index is 13.7. The third-order valence-corrected chi connectivity index (χ3v) is 8.03. The normalized spacial score (nSPS) is 13.1. The van der Waals surface area contributed by atoms with Gasteiger partial charge in [0.1, 0.15) is 0 Å². The Balaban J connectivity index is 1.67. The molecule has 0 bridgehead atoms. The summed E-state index contributed by atoms with van der Waals surface area (Å²) in [5, 5.41) is 0. The Labute approximate surface area is 208 Å². The molecule has 0 spiro atoms. The fourth-order valence-electron chi connectivity index (χ4n) is 4.00. The number of nitrogens with zero attached hydrogens (tertiary/aromatic N) is 2. The minimum absolute atomic E-state index is 0.0274. The van der Waals surface area contributed by atoms with Crippen molar-refractivity contribution in [3.8, 4) is 11.5 Å². The van der Waals surface area contributed by atoms with E-state index >= 15 is 0 Å². The van der Waals surface area contributed by atoms with Gasteiger partial charge in [-0.25, -0.2) is 8.42 Å². The van der Waals surface area contributed by atoms with Crippen molar-refractivity contribution >= 4 is 37.5 Å². The quantitative estimate of drug-likeness (QED) is 0.423. The summed E-state index contributed by atoms with van der Waals surface area (Å²) in [6, 6.07) is 19.4. The minimum Gasteiger partial charge on any atom is -0.493 e. The summed E-state index contributed by atoms with van der Waals surface area (Å²) in [5.74, 6) is 0.446. The number of hydrogen-bond donors (Lipinski definition) is 0. The van der Waals surface area contributed by atoms with Crippen LogP contribution >= 0.6 is 15.9 Å². The molecule has 1 amide bonds. The van der Waals surface area contributed by atoms with E-state index in [9.17, 15) is 13.2 Å². The van der Waals surface area contributed by atoms with Crippen LogP contribution in [0.5, 0.6) is 11.5 Å². The van der Waals surface area contributed by atoms with Crippen LogP contribution in [0.2, 0.25) is 0 Å². The van der Waals surface area contributed by atoms with E-state index in [0.717, 1.165) is 27.7 Å². The smallest absolute Gasteiger partial charge is 0.243 e. The van der Waals surface area contributed by atoms with Gasteiger partial charge in [-0.1, -0.05) is 46.3 Å². The average Bonchev–Trinajstić information content (AvgIpc) is 3.26. The summed E-state index contributed by atoms with van der Waals surface area (Å²) in [4.78, 5) is 15.0. The summed E-state index contributed by atoms with van der Waals surface area (Å²) in [7, 11) is -1.09. The van der Waals surface area contributed by atoms with Gasteiger partial charge < -0.3 is 14.4 Å². The summed E-state index contributed by atoms with van der Waals surface area (Å²) >= 11 is 3.46. The van der Waals surface area contributed by atoms with Crippen LogP contribution in [-0.2, 0) is 27.8 Å². The summed E-state index contributed by atoms with van der Waals surface area (Å²) in [5.41, 5.74) is 2.65. The second kappa shape index (κ2) is 10.2. The Kier molecular flexibility index (Phi) is 7.25. The Hall–Kier alpha value is -2.88. The number of fused-ring (bicyclic) bond motifs is 1. The molecule has 1 heterocycles. The average molecular weight is 545 g/mol. The van der Waals surface area contributed by atoms with Crippen molar-refractivity contribution in [3.05, 3.63) is 82.3 Å². The lowest BCUT2D eigenvalue weighted by atomic mass is 10.2. The molecule has 0 aromatic heterocycles.